The lowest BCUT2D eigenvalue weighted by Gasteiger charge is -2.21. The van der Waals surface area contributed by atoms with Gasteiger partial charge in [0, 0.05) is 10.7 Å². The van der Waals surface area contributed by atoms with E-state index in [9.17, 15) is 0 Å². The maximum atomic E-state index is 5.62. The fourth-order valence-electron chi connectivity index (χ4n) is 2.32. The maximum Gasteiger partial charge on any atom is 0.0660 e. The largest absolute Gasteiger partial charge is 0.271 e. The van der Waals surface area contributed by atoms with Gasteiger partial charge < -0.3 is 0 Å². The van der Waals surface area contributed by atoms with Gasteiger partial charge in [0.15, 0.2) is 0 Å². The molecule has 15 heavy (non-hydrogen) atoms. The number of nitrogens with zero attached hydrogens (tertiary/aromatic N) is 1. The molecule has 0 saturated heterocycles. The molecule has 1 aromatic rings. The highest BCUT2D eigenvalue weighted by Gasteiger charge is 2.26. The van der Waals surface area contributed by atoms with E-state index in [0.717, 1.165) is 10.2 Å². The second kappa shape index (κ2) is 5.05. The Hall–Kier alpha value is -0.450. The molecule has 4 heteroatoms. The summed E-state index contributed by atoms with van der Waals surface area (Å²) >= 11 is 3.39. The number of nitrogens with one attached hydrogen (secondary N) is 1. The van der Waals surface area contributed by atoms with Crippen molar-refractivity contribution in [1.82, 2.24) is 10.4 Å². The molecule has 0 radical (unpaired) electrons. The first-order valence-corrected chi connectivity index (χ1v) is 6.18. The van der Waals surface area contributed by atoms with Crippen LogP contribution in [0, 0.1) is 5.92 Å². The van der Waals surface area contributed by atoms with Gasteiger partial charge >= 0.3 is 0 Å². The highest BCUT2D eigenvalue weighted by molar-refractivity contribution is 9.10. The summed E-state index contributed by atoms with van der Waals surface area (Å²) in [6, 6.07) is 4.26. The summed E-state index contributed by atoms with van der Waals surface area (Å²) in [7, 11) is 0. The number of halogens is 1. The molecule has 0 aliphatic heterocycles. The van der Waals surface area contributed by atoms with E-state index < -0.39 is 0 Å². The van der Waals surface area contributed by atoms with Crippen molar-refractivity contribution in [3.8, 4) is 0 Å². The third kappa shape index (κ3) is 2.56. The van der Waals surface area contributed by atoms with Gasteiger partial charge in [-0.15, -0.1) is 0 Å². The minimum atomic E-state index is 0.209. The summed E-state index contributed by atoms with van der Waals surface area (Å²) < 4.78 is 1.01. The quantitative estimate of drug-likeness (QED) is 0.655. The van der Waals surface area contributed by atoms with Crippen molar-refractivity contribution in [3.63, 3.8) is 0 Å². The van der Waals surface area contributed by atoms with Gasteiger partial charge in [0.1, 0.15) is 0 Å². The van der Waals surface area contributed by atoms with Crippen LogP contribution in [0.25, 0.3) is 0 Å². The first-order chi connectivity index (χ1) is 7.31. The lowest BCUT2D eigenvalue weighted by Crippen LogP contribution is -2.33. The monoisotopic (exact) mass is 269 g/mol. The molecule has 1 unspecified atom stereocenters. The van der Waals surface area contributed by atoms with Crippen LogP contribution in [-0.2, 0) is 0 Å². The number of hydrazine groups is 1. The van der Waals surface area contributed by atoms with Crippen molar-refractivity contribution in [2.75, 3.05) is 0 Å². The summed E-state index contributed by atoms with van der Waals surface area (Å²) in [6.45, 7) is 0. The van der Waals surface area contributed by atoms with Gasteiger partial charge in [0.2, 0.25) is 0 Å². The van der Waals surface area contributed by atoms with E-state index in [1.807, 2.05) is 18.3 Å². The van der Waals surface area contributed by atoms with E-state index in [0.29, 0.717) is 5.92 Å². The Bertz CT molecular complexity index is 306. The second-order valence-electron chi connectivity index (χ2n) is 4.09. The number of hydrogen-bond donors (Lipinski definition) is 2. The minimum Gasteiger partial charge on any atom is -0.271 e. The Labute approximate surface area is 98.6 Å². The van der Waals surface area contributed by atoms with Crippen molar-refractivity contribution in [1.29, 1.82) is 0 Å². The van der Waals surface area contributed by atoms with Gasteiger partial charge in [-0.25, -0.2) is 0 Å². The van der Waals surface area contributed by atoms with E-state index in [1.165, 1.54) is 25.7 Å². The van der Waals surface area contributed by atoms with Crippen molar-refractivity contribution in [2.24, 2.45) is 11.8 Å². The molecular weight excluding hydrogens is 254 g/mol. The van der Waals surface area contributed by atoms with Crippen LogP contribution in [0.5, 0.6) is 0 Å². The maximum absolute atomic E-state index is 5.62. The minimum absolute atomic E-state index is 0.209. The van der Waals surface area contributed by atoms with Crippen LogP contribution in [0.4, 0.5) is 0 Å². The van der Waals surface area contributed by atoms with Crippen LogP contribution >= 0.6 is 15.9 Å². The molecule has 0 spiro atoms. The Kier molecular flexibility index (Phi) is 3.72. The fraction of sp³-hybridized carbons (Fsp3) is 0.545. The molecule has 2 rings (SSSR count). The molecule has 1 heterocycles. The molecule has 3 nitrogen and oxygen atoms in total. The van der Waals surface area contributed by atoms with Crippen molar-refractivity contribution >= 4 is 15.9 Å². The average Bonchev–Trinajstić information content (AvgIpc) is 2.75. The van der Waals surface area contributed by atoms with Crippen LogP contribution in [-0.4, -0.2) is 4.98 Å². The smallest absolute Gasteiger partial charge is 0.0660 e. The van der Waals surface area contributed by atoms with Crippen LogP contribution in [0.15, 0.2) is 22.8 Å². The molecule has 0 bridgehead atoms. The zero-order valence-corrected chi connectivity index (χ0v) is 10.2. The van der Waals surface area contributed by atoms with Crippen LogP contribution in [0.3, 0.4) is 0 Å². The second-order valence-corrected chi connectivity index (χ2v) is 5.01. The first kappa shape index (κ1) is 11.0. The topological polar surface area (TPSA) is 50.9 Å². The zero-order valence-electron chi connectivity index (χ0n) is 8.62. The lowest BCUT2D eigenvalue weighted by atomic mass is 9.95. The van der Waals surface area contributed by atoms with Crippen LogP contribution in [0.1, 0.15) is 37.4 Å². The predicted octanol–water partition coefficient (Wildman–Crippen LogP) is 2.54. The summed E-state index contributed by atoms with van der Waals surface area (Å²) in [5.74, 6) is 6.26. The van der Waals surface area contributed by atoms with Gasteiger partial charge in [-0.1, -0.05) is 12.8 Å². The molecule has 1 saturated carbocycles. The fourth-order valence-corrected chi connectivity index (χ4v) is 2.56. The van der Waals surface area contributed by atoms with Crippen LogP contribution < -0.4 is 11.3 Å². The molecule has 1 aliphatic rings. The third-order valence-electron chi connectivity index (χ3n) is 3.12. The van der Waals surface area contributed by atoms with E-state index in [1.54, 1.807) is 0 Å². The first-order valence-electron chi connectivity index (χ1n) is 5.39. The van der Waals surface area contributed by atoms with E-state index in [4.69, 9.17) is 5.84 Å². The van der Waals surface area contributed by atoms with Crippen molar-refractivity contribution in [2.45, 2.75) is 31.7 Å². The number of hydrogen-bond acceptors (Lipinski definition) is 3. The highest BCUT2D eigenvalue weighted by atomic mass is 79.9. The number of nitrogens with two attached hydrogens (primary N) is 1. The van der Waals surface area contributed by atoms with Gasteiger partial charge in [0.25, 0.3) is 0 Å². The lowest BCUT2D eigenvalue weighted by molar-refractivity contribution is 0.366. The van der Waals surface area contributed by atoms with Gasteiger partial charge in [-0.3, -0.25) is 16.3 Å². The van der Waals surface area contributed by atoms with Gasteiger partial charge in [-0.05, 0) is 46.8 Å². The standard InChI is InChI=1S/C11H16BrN3/c12-9-5-6-10(14-7-9)11(15-13)8-3-1-2-4-8/h5-8,11,15H,1-4,13H2. The number of aromatic nitrogens is 1. The molecule has 0 amide bonds. The van der Waals surface area contributed by atoms with Crippen LogP contribution in [0.2, 0.25) is 0 Å². The van der Waals surface area contributed by atoms with Gasteiger partial charge in [-0.2, -0.15) is 0 Å². The molecule has 1 aliphatic carbocycles. The summed E-state index contributed by atoms with van der Waals surface area (Å²) in [6.07, 6.45) is 6.98. The molecular formula is C11H16BrN3. The normalized spacial score (nSPS) is 19.3. The Balaban J connectivity index is 2.14. The summed E-state index contributed by atoms with van der Waals surface area (Å²) in [4.78, 5) is 4.40. The Morgan fingerprint density at radius 2 is 2.13 bits per heavy atom. The molecule has 0 aromatic carbocycles. The molecule has 1 atom stereocenters. The predicted molar refractivity (Wildman–Crippen MR) is 64.0 cm³/mol. The van der Waals surface area contributed by atoms with E-state index in [-0.39, 0.29) is 6.04 Å². The summed E-state index contributed by atoms with van der Waals surface area (Å²) in [5.41, 5.74) is 3.95. The third-order valence-corrected chi connectivity index (χ3v) is 3.59. The Morgan fingerprint density at radius 1 is 1.40 bits per heavy atom. The Morgan fingerprint density at radius 3 is 2.67 bits per heavy atom. The zero-order chi connectivity index (χ0) is 10.7. The highest BCUT2D eigenvalue weighted by Crippen LogP contribution is 2.34. The summed E-state index contributed by atoms with van der Waals surface area (Å²) in [5, 5.41) is 0. The number of pyridine rings is 1. The molecule has 1 fully saturated rings. The van der Waals surface area contributed by atoms with Crippen molar-refractivity contribution in [3.05, 3.63) is 28.5 Å². The SMILES string of the molecule is NNC(c1ccc(Br)cn1)C1CCCC1. The molecule has 82 valence electrons. The van der Waals surface area contributed by atoms with Gasteiger partial charge in [0.05, 0.1) is 11.7 Å². The van der Waals surface area contributed by atoms with E-state index in [2.05, 4.69) is 26.3 Å². The van der Waals surface area contributed by atoms with E-state index >= 15 is 0 Å². The number of rotatable bonds is 3. The average molecular weight is 270 g/mol. The van der Waals surface area contributed by atoms with Crippen molar-refractivity contribution < 1.29 is 0 Å². The molecule has 3 N–H and O–H groups in total. The molecule has 1 aromatic heterocycles.